The highest BCUT2D eigenvalue weighted by Gasteiger charge is 2.57. The fraction of sp³-hybridized carbons (Fsp3) is 0.600. The molecule has 0 bridgehead atoms. The lowest BCUT2D eigenvalue weighted by Crippen LogP contribution is -2.44. The first-order valence-corrected chi connectivity index (χ1v) is 8.67. The van der Waals surface area contributed by atoms with Gasteiger partial charge in [-0.25, -0.2) is 0 Å². The van der Waals surface area contributed by atoms with Crippen molar-refractivity contribution in [2.75, 3.05) is 0 Å². The summed E-state index contributed by atoms with van der Waals surface area (Å²) >= 11 is 0. The zero-order valence-corrected chi connectivity index (χ0v) is 13.3. The first-order valence-electron chi connectivity index (χ1n) is 8.67. The number of benzene rings is 1. The van der Waals surface area contributed by atoms with E-state index in [1.165, 1.54) is 17.5 Å². The van der Waals surface area contributed by atoms with Crippen LogP contribution in [0.3, 0.4) is 0 Å². The number of phenolic OH excluding ortho intramolecular Hbond substituents is 1. The predicted molar refractivity (Wildman–Crippen MR) is 87.8 cm³/mol. The summed E-state index contributed by atoms with van der Waals surface area (Å²) in [4.78, 5) is 0. The molecule has 2 nitrogen and oxygen atoms in total. The van der Waals surface area contributed by atoms with Crippen molar-refractivity contribution in [3.63, 3.8) is 0 Å². The lowest BCUT2D eigenvalue weighted by atomic mass is 9.55. The number of aliphatic hydroxyl groups is 1. The molecule has 2 heteroatoms. The highest BCUT2D eigenvalue weighted by Crippen LogP contribution is 2.62. The molecule has 3 aliphatic rings. The summed E-state index contributed by atoms with van der Waals surface area (Å²) in [6, 6.07) is 5.93. The first kappa shape index (κ1) is 14.3. The quantitative estimate of drug-likeness (QED) is 0.769. The number of aromatic hydroxyl groups is 1. The Morgan fingerprint density at radius 1 is 1.32 bits per heavy atom. The third-order valence-electron chi connectivity index (χ3n) is 7.06. The van der Waals surface area contributed by atoms with Crippen molar-refractivity contribution >= 4 is 0 Å². The Bertz CT molecular complexity index is 608. The molecule has 0 unspecified atom stereocenters. The van der Waals surface area contributed by atoms with Crippen LogP contribution in [0.2, 0.25) is 0 Å². The van der Waals surface area contributed by atoms with Crippen molar-refractivity contribution in [2.45, 2.75) is 51.0 Å². The summed E-state index contributed by atoms with van der Waals surface area (Å²) < 4.78 is 0. The molecule has 6 atom stereocenters. The molecule has 0 aromatic heterocycles. The molecule has 0 heterocycles. The van der Waals surface area contributed by atoms with Gasteiger partial charge in [0.15, 0.2) is 0 Å². The van der Waals surface area contributed by atoms with Gasteiger partial charge < -0.3 is 10.2 Å². The fourth-order valence-electron chi connectivity index (χ4n) is 5.86. The molecule has 0 saturated heterocycles. The van der Waals surface area contributed by atoms with Crippen molar-refractivity contribution in [2.24, 2.45) is 23.2 Å². The molecule has 2 saturated carbocycles. The van der Waals surface area contributed by atoms with E-state index in [9.17, 15) is 10.2 Å². The van der Waals surface area contributed by atoms with Gasteiger partial charge in [0.2, 0.25) is 0 Å². The third kappa shape index (κ3) is 1.83. The normalized spacial score (nSPS) is 43.1. The SMILES string of the molecule is C=C[C@H]1C[C@H]2[C@@H]3CCc4cc(O)ccc4[C@H]3CC[C@]2(C)[C@H]1O. The van der Waals surface area contributed by atoms with Crippen LogP contribution in [-0.4, -0.2) is 16.3 Å². The van der Waals surface area contributed by atoms with E-state index < -0.39 is 0 Å². The van der Waals surface area contributed by atoms with E-state index in [1.807, 2.05) is 18.2 Å². The van der Waals surface area contributed by atoms with Crippen molar-refractivity contribution in [1.82, 2.24) is 0 Å². The number of rotatable bonds is 1. The monoisotopic (exact) mass is 298 g/mol. The molecule has 118 valence electrons. The van der Waals surface area contributed by atoms with E-state index in [0.29, 0.717) is 23.5 Å². The van der Waals surface area contributed by atoms with E-state index in [2.05, 4.69) is 19.6 Å². The summed E-state index contributed by atoms with van der Waals surface area (Å²) in [5.74, 6) is 2.54. The van der Waals surface area contributed by atoms with E-state index in [4.69, 9.17) is 0 Å². The van der Waals surface area contributed by atoms with Gasteiger partial charge in [0.25, 0.3) is 0 Å². The zero-order valence-electron chi connectivity index (χ0n) is 13.3. The van der Waals surface area contributed by atoms with Crippen LogP contribution in [0.15, 0.2) is 30.9 Å². The van der Waals surface area contributed by atoms with Gasteiger partial charge in [0.05, 0.1) is 6.10 Å². The van der Waals surface area contributed by atoms with Crippen LogP contribution in [0.4, 0.5) is 0 Å². The lowest BCUT2D eigenvalue weighted by Gasteiger charge is -2.50. The molecule has 0 spiro atoms. The molecule has 2 N–H and O–H groups in total. The number of hydrogen-bond acceptors (Lipinski definition) is 2. The number of hydrogen-bond donors (Lipinski definition) is 2. The van der Waals surface area contributed by atoms with Crippen LogP contribution in [0.1, 0.15) is 49.7 Å². The van der Waals surface area contributed by atoms with E-state index >= 15 is 0 Å². The van der Waals surface area contributed by atoms with Gasteiger partial charge in [-0.15, -0.1) is 6.58 Å². The molecular weight excluding hydrogens is 272 g/mol. The average Bonchev–Trinajstić information content (AvgIpc) is 2.78. The minimum absolute atomic E-state index is 0.0639. The Labute approximate surface area is 132 Å². The van der Waals surface area contributed by atoms with Crippen molar-refractivity contribution in [1.29, 1.82) is 0 Å². The van der Waals surface area contributed by atoms with Gasteiger partial charge in [-0.2, -0.15) is 0 Å². The fourth-order valence-corrected chi connectivity index (χ4v) is 5.86. The molecular formula is C20H26O2. The number of fused-ring (bicyclic) bond motifs is 5. The van der Waals surface area contributed by atoms with Gasteiger partial charge in [-0.1, -0.05) is 19.1 Å². The minimum atomic E-state index is -0.225. The van der Waals surface area contributed by atoms with Crippen LogP contribution in [0.5, 0.6) is 5.75 Å². The second-order valence-corrected chi connectivity index (χ2v) is 7.92. The summed E-state index contributed by atoms with van der Waals surface area (Å²) in [6.45, 7) is 6.24. The number of aryl methyl sites for hydroxylation is 1. The topological polar surface area (TPSA) is 40.5 Å². The van der Waals surface area contributed by atoms with E-state index in [-0.39, 0.29) is 17.4 Å². The summed E-state index contributed by atoms with van der Waals surface area (Å²) in [5, 5.41) is 20.5. The lowest BCUT2D eigenvalue weighted by molar-refractivity contribution is -0.0285. The largest absolute Gasteiger partial charge is 0.508 e. The zero-order chi connectivity index (χ0) is 15.5. The van der Waals surface area contributed by atoms with Crippen molar-refractivity contribution < 1.29 is 10.2 Å². The Morgan fingerprint density at radius 3 is 2.91 bits per heavy atom. The van der Waals surface area contributed by atoms with Crippen LogP contribution in [0.25, 0.3) is 0 Å². The number of phenols is 1. The van der Waals surface area contributed by atoms with Gasteiger partial charge in [-0.05, 0) is 78.5 Å². The first-order chi connectivity index (χ1) is 10.5. The van der Waals surface area contributed by atoms with Crippen LogP contribution in [0, 0.1) is 23.2 Å². The maximum Gasteiger partial charge on any atom is 0.115 e. The highest BCUT2D eigenvalue weighted by atomic mass is 16.3. The van der Waals surface area contributed by atoms with Gasteiger partial charge in [-0.3, -0.25) is 0 Å². The molecule has 22 heavy (non-hydrogen) atoms. The molecule has 4 rings (SSSR count). The molecule has 1 aromatic rings. The van der Waals surface area contributed by atoms with E-state index in [0.717, 1.165) is 25.7 Å². The molecule has 2 fully saturated rings. The summed E-state index contributed by atoms with van der Waals surface area (Å²) in [7, 11) is 0. The second-order valence-electron chi connectivity index (χ2n) is 7.92. The Kier molecular flexibility index (Phi) is 3.16. The summed E-state index contributed by atoms with van der Waals surface area (Å²) in [5.41, 5.74) is 2.85. The Balaban J connectivity index is 1.70. The van der Waals surface area contributed by atoms with Gasteiger partial charge >= 0.3 is 0 Å². The minimum Gasteiger partial charge on any atom is -0.508 e. The average molecular weight is 298 g/mol. The summed E-state index contributed by atoms with van der Waals surface area (Å²) in [6.07, 6.45) is 7.36. The maximum atomic E-state index is 10.8. The van der Waals surface area contributed by atoms with Crippen LogP contribution >= 0.6 is 0 Å². The van der Waals surface area contributed by atoms with Gasteiger partial charge in [0.1, 0.15) is 5.75 Å². The second kappa shape index (κ2) is 4.86. The highest BCUT2D eigenvalue weighted by molar-refractivity contribution is 5.40. The van der Waals surface area contributed by atoms with E-state index in [1.54, 1.807) is 0 Å². The molecule has 3 aliphatic carbocycles. The van der Waals surface area contributed by atoms with Crippen molar-refractivity contribution in [3.05, 3.63) is 42.0 Å². The van der Waals surface area contributed by atoms with Crippen LogP contribution < -0.4 is 0 Å². The molecule has 0 amide bonds. The molecule has 0 radical (unpaired) electrons. The smallest absolute Gasteiger partial charge is 0.115 e. The molecule has 1 aromatic carbocycles. The maximum absolute atomic E-state index is 10.8. The Morgan fingerprint density at radius 2 is 2.14 bits per heavy atom. The standard InChI is InChI=1S/C20H26O2/c1-3-12-11-18-17-6-4-13-10-14(21)5-7-15(13)16(17)8-9-20(18,2)19(12)22/h3,5,7,10,12,16-19,21-22H,1,4,6,8-9,11H2,2H3/t12-,16+,17+,18-,19-,20-/m0/s1. The van der Waals surface area contributed by atoms with Gasteiger partial charge in [0, 0.05) is 5.92 Å². The molecule has 0 aliphatic heterocycles. The predicted octanol–water partition coefficient (Wildman–Crippen LogP) is 4.02. The number of aliphatic hydroxyl groups excluding tert-OH is 1. The van der Waals surface area contributed by atoms with Crippen LogP contribution in [-0.2, 0) is 6.42 Å². The van der Waals surface area contributed by atoms with Crippen molar-refractivity contribution in [3.8, 4) is 5.75 Å². The Hall–Kier alpha value is -1.28. The third-order valence-corrected chi connectivity index (χ3v) is 7.06.